The molecular formula is C20H21F3N2O2. The van der Waals surface area contributed by atoms with E-state index in [-0.39, 0.29) is 12.5 Å². The van der Waals surface area contributed by atoms with Crippen LogP contribution in [0.1, 0.15) is 29.8 Å². The highest BCUT2D eigenvalue weighted by Crippen LogP contribution is 2.15. The van der Waals surface area contributed by atoms with E-state index in [2.05, 4.69) is 5.32 Å². The Bertz CT molecular complexity index is 819. The number of nitrogens with zero attached hydrogens (tertiary/aromatic N) is 1. The fourth-order valence-corrected chi connectivity index (χ4v) is 2.67. The predicted octanol–water partition coefficient (Wildman–Crippen LogP) is 3.52. The molecule has 1 atom stereocenters. The van der Waals surface area contributed by atoms with Crippen LogP contribution < -0.4 is 5.32 Å². The lowest BCUT2D eigenvalue weighted by molar-refractivity contribution is -0.133. The van der Waals surface area contributed by atoms with E-state index in [1.54, 1.807) is 19.9 Å². The summed E-state index contributed by atoms with van der Waals surface area (Å²) in [5, 5.41) is 2.41. The zero-order valence-electron chi connectivity index (χ0n) is 15.3. The lowest BCUT2D eigenvalue weighted by Gasteiger charge is -2.27. The van der Waals surface area contributed by atoms with Crippen molar-refractivity contribution in [2.24, 2.45) is 5.92 Å². The third-order valence-electron chi connectivity index (χ3n) is 4.09. The largest absolute Gasteiger partial charge is 0.340 e. The molecule has 0 aromatic heterocycles. The SMILES string of the molecule is CC(C)[C@H](NC(=O)c1c(F)cccc1F)C(=O)N(C)Cc1cccc(F)c1. The lowest BCUT2D eigenvalue weighted by Crippen LogP contribution is -2.50. The Balaban J connectivity index is 2.16. The van der Waals surface area contributed by atoms with E-state index in [1.807, 2.05) is 0 Å². The average Bonchev–Trinajstić information content (AvgIpc) is 2.58. The highest BCUT2D eigenvalue weighted by atomic mass is 19.1. The number of hydrogen-bond donors (Lipinski definition) is 1. The third-order valence-corrected chi connectivity index (χ3v) is 4.09. The molecule has 0 aliphatic carbocycles. The molecule has 144 valence electrons. The molecule has 0 aliphatic heterocycles. The molecule has 27 heavy (non-hydrogen) atoms. The van der Waals surface area contributed by atoms with Gasteiger partial charge in [0.05, 0.1) is 0 Å². The van der Waals surface area contributed by atoms with Crippen molar-refractivity contribution in [1.29, 1.82) is 0 Å². The minimum absolute atomic E-state index is 0.129. The molecular weight excluding hydrogens is 357 g/mol. The van der Waals surface area contributed by atoms with Crippen molar-refractivity contribution in [2.45, 2.75) is 26.4 Å². The molecule has 4 nitrogen and oxygen atoms in total. The number of nitrogens with one attached hydrogen (secondary N) is 1. The van der Waals surface area contributed by atoms with E-state index in [0.29, 0.717) is 5.56 Å². The maximum Gasteiger partial charge on any atom is 0.257 e. The fourth-order valence-electron chi connectivity index (χ4n) is 2.67. The van der Waals surface area contributed by atoms with E-state index < -0.39 is 40.9 Å². The van der Waals surface area contributed by atoms with Crippen LogP contribution in [-0.4, -0.2) is 29.8 Å². The number of carbonyl (C=O) groups is 2. The van der Waals surface area contributed by atoms with Crippen LogP contribution in [-0.2, 0) is 11.3 Å². The topological polar surface area (TPSA) is 49.4 Å². The van der Waals surface area contributed by atoms with Crippen molar-refractivity contribution in [3.8, 4) is 0 Å². The normalized spacial score (nSPS) is 12.0. The first-order valence-corrected chi connectivity index (χ1v) is 8.45. The van der Waals surface area contributed by atoms with Gasteiger partial charge in [-0.2, -0.15) is 0 Å². The first-order valence-electron chi connectivity index (χ1n) is 8.45. The van der Waals surface area contributed by atoms with Gasteiger partial charge in [-0.1, -0.05) is 32.0 Å². The summed E-state index contributed by atoms with van der Waals surface area (Å²) in [5.41, 5.74) is -0.149. The van der Waals surface area contributed by atoms with Gasteiger partial charge < -0.3 is 10.2 Å². The molecule has 1 N–H and O–H groups in total. The van der Waals surface area contributed by atoms with Crippen LogP contribution in [0.3, 0.4) is 0 Å². The van der Waals surface area contributed by atoms with Gasteiger partial charge in [0.15, 0.2) is 0 Å². The van der Waals surface area contributed by atoms with E-state index >= 15 is 0 Å². The second kappa shape index (κ2) is 8.70. The van der Waals surface area contributed by atoms with Crippen LogP contribution in [0.2, 0.25) is 0 Å². The number of amides is 2. The average molecular weight is 378 g/mol. The van der Waals surface area contributed by atoms with Crippen molar-refractivity contribution in [3.63, 3.8) is 0 Å². The molecule has 7 heteroatoms. The molecule has 0 bridgehead atoms. The van der Waals surface area contributed by atoms with Crippen molar-refractivity contribution >= 4 is 11.8 Å². The number of hydrogen-bond acceptors (Lipinski definition) is 2. The fraction of sp³-hybridized carbons (Fsp3) is 0.300. The molecule has 0 heterocycles. The van der Waals surface area contributed by atoms with Gasteiger partial charge in [0.2, 0.25) is 5.91 Å². The van der Waals surface area contributed by atoms with Crippen LogP contribution in [0.25, 0.3) is 0 Å². The molecule has 0 saturated carbocycles. The summed E-state index contributed by atoms with van der Waals surface area (Å²) >= 11 is 0. The molecule has 0 unspecified atom stereocenters. The highest BCUT2D eigenvalue weighted by molar-refractivity contribution is 5.98. The Kier molecular flexibility index (Phi) is 6.60. The summed E-state index contributed by atoms with van der Waals surface area (Å²) in [5.74, 6) is -4.20. The molecule has 0 radical (unpaired) electrons. The maximum absolute atomic E-state index is 13.8. The summed E-state index contributed by atoms with van der Waals surface area (Å²) in [6.07, 6.45) is 0. The number of likely N-dealkylation sites (N-methyl/N-ethyl adjacent to an activating group) is 1. The van der Waals surface area contributed by atoms with E-state index in [9.17, 15) is 22.8 Å². The van der Waals surface area contributed by atoms with E-state index in [0.717, 1.165) is 18.2 Å². The molecule has 2 amide bonds. The van der Waals surface area contributed by atoms with Gasteiger partial charge in [-0.3, -0.25) is 9.59 Å². The summed E-state index contributed by atoms with van der Waals surface area (Å²) in [6.45, 7) is 3.54. The standard InChI is InChI=1S/C20H21F3N2O2/c1-12(2)18(24-19(26)17-15(22)8-5-9-16(17)23)20(27)25(3)11-13-6-4-7-14(21)10-13/h4-10,12,18H,11H2,1-3H3,(H,24,26)/t18-/m0/s1. The Morgan fingerprint density at radius 3 is 2.19 bits per heavy atom. The van der Waals surface area contributed by atoms with Crippen LogP contribution in [0.15, 0.2) is 42.5 Å². The lowest BCUT2D eigenvalue weighted by atomic mass is 10.0. The molecule has 0 aliphatic rings. The van der Waals surface area contributed by atoms with Gasteiger partial charge in [-0.15, -0.1) is 0 Å². The van der Waals surface area contributed by atoms with Gasteiger partial charge in [-0.25, -0.2) is 13.2 Å². The monoisotopic (exact) mass is 378 g/mol. The predicted molar refractivity (Wildman–Crippen MR) is 95.3 cm³/mol. The molecule has 2 aromatic rings. The second-order valence-corrected chi connectivity index (χ2v) is 6.62. The van der Waals surface area contributed by atoms with Crippen molar-refractivity contribution in [3.05, 3.63) is 71.0 Å². The quantitative estimate of drug-likeness (QED) is 0.836. The molecule has 0 fully saturated rings. The summed E-state index contributed by atoms with van der Waals surface area (Å²) in [7, 11) is 1.51. The zero-order chi connectivity index (χ0) is 20.1. The minimum atomic E-state index is -1.00. The summed E-state index contributed by atoms with van der Waals surface area (Å²) in [4.78, 5) is 26.4. The molecule has 2 rings (SSSR count). The summed E-state index contributed by atoms with van der Waals surface area (Å²) < 4.78 is 40.9. The van der Waals surface area contributed by atoms with Crippen LogP contribution >= 0.6 is 0 Å². The molecule has 0 spiro atoms. The number of rotatable bonds is 6. The summed E-state index contributed by atoms with van der Waals surface area (Å²) in [6, 6.07) is 7.91. The van der Waals surface area contributed by atoms with Crippen LogP contribution in [0.5, 0.6) is 0 Å². The number of benzene rings is 2. The highest BCUT2D eigenvalue weighted by Gasteiger charge is 2.29. The Morgan fingerprint density at radius 1 is 1.04 bits per heavy atom. The Morgan fingerprint density at radius 2 is 1.63 bits per heavy atom. The van der Waals surface area contributed by atoms with Crippen molar-refractivity contribution in [1.82, 2.24) is 10.2 Å². The van der Waals surface area contributed by atoms with Gasteiger partial charge in [-0.05, 0) is 35.7 Å². The molecule has 2 aromatic carbocycles. The Labute approximate surface area is 156 Å². The van der Waals surface area contributed by atoms with Crippen molar-refractivity contribution in [2.75, 3.05) is 7.05 Å². The Hall–Kier alpha value is -2.83. The maximum atomic E-state index is 13.8. The zero-order valence-corrected chi connectivity index (χ0v) is 15.3. The van der Waals surface area contributed by atoms with Crippen LogP contribution in [0, 0.1) is 23.4 Å². The van der Waals surface area contributed by atoms with Gasteiger partial charge in [0.1, 0.15) is 29.1 Å². The second-order valence-electron chi connectivity index (χ2n) is 6.62. The van der Waals surface area contributed by atoms with E-state index in [1.165, 1.54) is 30.1 Å². The van der Waals surface area contributed by atoms with Gasteiger partial charge in [0, 0.05) is 13.6 Å². The van der Waals surface area contributed by atoms with Gasteiger partial charge >= 0.3 is 0 Å². The first-order chi connectivity index (χ1) is 12.7. The number of halogens is 3. The van der Waals surface area contributed by atoms with E-state index in [4.69, 9.17) is 0 Å². The van der Waals surface area contributed by atoms with Crippen molar-refractivity contribution < 1.29 is 22.8 Å². The number of carbonyl (C=O) groups excluding carboxylic acids is 2. The minimum Gasteiger partial charge on any atom is -0.340 e. The van der Waals surface area contributed by atoms with Gasteiger partial charge in [0.25, 0.3) is 5.91 Å². The smallest absolute Gasteiger partial charge is 0.257 e. The molecule has 0 saturated heterocycles. The van der Waals surface area contributed by atoms with Crippen LogP contribution in [0.4, 0.5) is 13.2 Å². The first kappa shape index (κ1) is 20.5. The third kappa shape index (κ3) is 5.09.